The first-order valence-corrected chi connectivity index (χ1v) is 9.72. The van der Waals surface area contributed by atoms with Gasteiger partial charge in [-0.15, -0.1) is 0 Å². The van der Waals surface area contributed by atoms with Crippen LogP contribution in [0.25, 0.3) is 38.8 Å². The van der Waals surface area contributed by atoms with E-state index in [1.54, 1.807) is 28.4 Å². The minimum Gasteiger partial charge on any atom is -0.497 e. The molecule has 0 radical (unpaired) electrons. The summed E-state index contributed by atoms with van der Waals surface area (Å²) in [6, 6.07) is 15.4. The Kier molecular flexibility index (Phi) is 4.51. The van der Waals surface area contributed by atoms with Crippen molar-refractivity contribution in [3.05, 3.63) is 54.7 Å². The third kappa shape index (κ3) is 2.97. The van der Waals surface area contributed by atoms with Crippen LogP contribution >= 0.6 is 0 Å². The number of hydrogen-bond donors (Lipinski definition) is 0. The molecule has 7 nitrogen and oxygen atoms in total. The topological polar surface area (TPSA) is 67.1 Å². The minimum atomic E-state index is 0.651. The number of imidazole rings is 1. The molecule has 3 heterocycles. The maximum Gasteiger partial charge on any atom is 0.165 e. The van der Waals surface area contributed by atoms with Crippen molar-refractivity contribution in [2.75, 3.05) is 28.4 Å². The van der Waals surface area contributed by atoms with E-state index in [0.29, 0.717) is 23.0 Å². The van der Waals surface area contributed by atoms with E-state index in [9.17, 15) is 0 Å². The molecule has 0 aliphatic heterocycles. The summed E-state index contributed by atoms with van der Waals surface area (Å²) >= 11 is 0. The minimum absolute atomic E-state index is 0.651. The van der Waals surface area contributed by atoms with Gasteiger partial charge < -0.3 is 18.9 Å². The zero-order chi connectivity index (χ0) is 21.5. The number of pyridine rings is 2. The molecule has 5 rings (SSSR count). The van der Waals surface area contributed by atoms with Crippen molar-refractivity contribution in [1.82, 2.24) is 14.4 Å². The zero-order valence-corrected chi connectivity index (χ0v) is 17.7. The summed E-state index contributed by atoms with van der Waals surface area (Å²) < 4.78 is 24.2. The molecule has 0 amide bonds. The second kappa shape index (κ2) is 7.36. The Morgan fingerprint density at radius 1 is 0.742 bits per heavy atom. The fraction of sp³-hybridized carbons (Fsp3) is 0.167. The predicted octanol–water partition coefficient (Wildman–Crippen LogP) is 4.74. The molecule has 0 N–H and O–H groups in total. The first-order valence-electron chi connectivity index (χ1n) is 9.72. The van der Waals surface area contributed by atoms with Crippen molar-refractivity contribution in [3.63, 3.8) is 0 Å². The van der Waals surface area contributed by atoms with Crippen molar-refractivity contribution in [2.24, 2.45) is 0 Å². The Morgan fingerprint density at radius 3 is 2.13 bits per heavy atom. The molecule has 156 valence electrons. The van der Waals surface area contributed by atoms with Crippen molar-refractivity contribution in [3.8, 4) is 34.3 Å². The van der Waals surface area contributed by atoms with Gasteiger partial charge in [-0.3, -0.25) is 4.40 Å². The van der Waals surface area contributed by atoms with Crippen LogP contribution in [-0.4, -0.2) is 42.8 Å². The van der Waals surface area contributed by atoms with Gasteiger partial charge in [-0.1, -0.05) is 6.07 Å². The normalized spacial score (nSPS) is 11.2. The van der Waals surface area contributed by atoms with Crippen LogP contribution in [0.2, 0.25) is 0 Å². The van der Waals surface area contributed by atoms with Gasteiger partial charge in [0, 0.05) is 29.3 Å². The molecule has 3 aromatic heterocycles. The average Bonchev–Trinajstić information content (AvgIpc) is 3.21. The Bertz CT molecular complexity index is 1420. The largest absolute Gasteiger partial charge is 0.497 e. The number of methoxy groups -OCH3 is 4. The van der Waals surface area contributed by atoms with Gasteiger partial charge in [0.1, 0.15) is 34.2 Å². The molecule has 0 bridgehead atoms. The van der Waals surface area contributed by atoms with Gasteiger partial charge in [-0.25, -0.2) is 9.97 Å². The third-order valence-electron chi connectivity index (χ3n) is 5.37. The molecule has 0 atom stereocenters. The van der Waals surface area contributed by atoms with Gasteiger partial charge >= 0.3 is 0 Å². The standard InChI is InChI=1S/C24H21N3O4/c1-28-15-9-14(10-16(11-15)29-2)22-21-18(12-17(30-3)13-19(21)31-4)23-24(26-22)27-8-6-5-7-20(27)25-23/h5-13H,1-4H3. The van der Waals surface area contributed by atoms with E-state index in [4.69, 9.17) is 28.9 Å². The molecule has 0 aliphatic rings. The number of fused-ring (bicyclic) bond motifs is 5. The van der Waals surface area contributed by atoms with Crippen molar-refractivity contribution in [2.45, 2.75) is 0 Å². The Labute approximate surface area is 178 Å². The van der Waals surface area contributed by atoms with E-state index >= 15 is 0 Å². The Morgan fingerprint density at radius 2 is 1.45 bits per heavy atom. The van der Waals surface area contributed by atoms with Crippen LogP contribution in [0.4, 0.5) is 0 Å². The van der Waals surface area contributed by atoms with Gasteiger partial charge in [0.25, 0.3) is 0 Å². The number of rotatable bonds is 5. The highest BCUT2D eigenvalue weighted by Gasteiger charge is 2.20. The average molecular weight is 415 g/mol. The zero-order valence-electron chi connectivity index (χ0n) is 17.7. The Balaban J connectivity index is 1.98. The molecule has 0 aliphatic carbocycles. The van der Waals surface area contributed by atoms with Gasteiger partial charge in [0.2, 0.25) is 0 Å². The highest BCUT2D eigenvalue weighted by Crippen LogP contribution is 2.42. The lowest BCUT2D eigenvalue weighted by atomic mass is 10.0. The van der Waals surface area contributed by atoms with Gasteiger partial charge in [0.15, 0.2) is 5.65 Å². The summed E-state index contributed by atoms with van der Waals surface area (Å²) in [4.78, 5) is 9.88. The molecule has 2 aromatic carbocycles. The lowest BCUT2D eigenvalue weighted by Gasteiger charge is -2.14. The summed E-state index contributed by atoms with van der Waals surface area (Å²) in [5.41, 5.74) is 3.92. The van der Waals surface area contributed by atoms with Crippen LogP contribution < -0.4 is 18.9 Å². The van der Waals surface area contributed by atoms with Crippen LogP contribution in [0.3, 0.4) is 0 Å². The quantitative estimate of drug-likeness (QED) is 0.413. The molecule has 5 aromatic rings. The second-order valence-corrected chi connectivity index (χ2v) is 7.03. The SMILES string of the molecule is COc1cc(OC)cc(-c2nc3c(nc4ccccn43)c3cc(OC)cc(OC)c23)c1. The molecular formula is C24H21N3O4. The summed E-state index contributed by atoms with van der Waals surface area (Å²) in [6.45, 7) is 0. The van der Waals surface area contributed by atoms with Gasteiger partial charge in [-0.05, 0) is 30.3 Å². The van der Waals surface area contributed by atoms with E-state index < -0.39 is 0 Å². The van der Waals surface area contributed by atoms with Crippen molar-refractivity contribution >= 4 is 27.6 Å². The van der Waals surface area contributed by atoms with Crippen LogP contribution in [-0.2, 0) is 0 Å². The molecule has 31 heavy (non-hydrogen) atoms. The second-order valence-electron chi connectivity index (χ2n) is 7.03. The summed E-state index contributed by atoms with van der Waals surface area (Å²) in [6.07, 6.45) is 1.96. The van der Waals surface area contributed by atoms with Crippen LogP contribution in [0.15, 0.2) is 54.7 Å². The smallest absolute Gasteiger partial charge is 0.165 e. The number of aromatic nitrogens is 3. The number of ether oxygens (including phenoxy) is 4. The van der Waals surface area contributed by atoms with Gasteiger partial charge in [0.05, 0.1) is 39.5 Å². The highest BCUT2D eigenvalue weighted by molar-refractivity contribution is 6.12. The van der Waals surface area contributed by atoms with Crippen LogP contribution in [0.5, 0.6) is 23.0 Å². The molecule has 0 saturated carbocycles. The number of hydrogen-bond acceptors (Lipinski definition) is 6. The van der Waals surface area contributed by atoms with Crippen molar-refractivity contribution in [1.29, 1.82) is 0 Å². The summed E-state index contributed by atoms with van der Waals surface area (Å²) in [7, 11) is 6.53. The highest BCUT2D eigenvalue weighted by atomic mass is 16.5. The molecular weight excluding hydrogens is 394 g/mol. The third-order valence-corrected chi connectivity index (χ3v) is 5.37. The molecule has 0 spiro atoms. The van der Waals surface area contributed by atoms with E-state index in [1.807, 2.05) is 59.1 Å². The lowest BCUT2D eigenvalue weighted by Crippen LogP contribution is -1.97. The van der Waals surface area contributed by atoms with E-state index in [0.717, 1.165) is 38.8 Å². The lowest BCUT2D eigenvalue weighted by molar-refractivity contribution is 0.394. The van der Waals surface area contributed by atoms with Gasteiger partial charge in [-0.2, -0.15) is 0 Å². The van der Waals surface area contributed by atoms with Crippen LogP contribution in [0.1, 0.15) is 0 Å². The monoisotopic (exact) mass is 415 g/mol. The van der Waals surface area contributed by atoms with E-state index in [-0.39, 0.29) is 0 Å². The molecule has 7 heteroatoms. The fourth-order valence-electron chi connectivity index (χ4n) is 3.89. The summed E-state index contributed by atoms with van der Waals surface area (Å²) in [5.74, 6) is 2.69. The molecule has 0 saturated heterocycles. The maximum absolute atomic E-state index is 5.75. The molecule has 0 fully saturated rings. The first kappa shape index (κ1) is 19.0. The Hall–Kier alpha value is -4.00. The maximum atomic E-state index is 5.75. The summed E-state index contributed by atoms with van der Waals surface area (Å²) in [5, 5.41) is 1.73. The predicted molar refractivity (Wildman–Crippen MR) is 120 cm³/mol. The van der Waals surface area contributed by atoms with Crippen LogP contribution in [0, 0.1) is 0 Å². The molecule has 0 unspecified atom stereocenters. The first-order chi connectivity index (χ1) is 15.2. The van der Waals surface area contributed by atoms with E-state index in [2.05, 4.69) is 0 Å². The number of benzene rings is 2. The van der Waals surface area contributed by atoms with E-state index in [1.165, 1.54) is 0 Å². The number of nitrogens with zero attached hydrogens (tertiary/aromatic N) is 3. The van der Waals surface area contributed by atoms with Crippen molar-refractivity contribution < 1.29 is 18.9 Å². The fourth-order valence-corrected chi connectivity index (χ4v) is 3.89.